The number of methoxy groups -OCH3 is 2. The highest BCUT2D eigenvalue weighted by molar-refractivity contribution is 5.79. The Morgan fingerprint density at radius 1 is 1.16 bits per heavy atom. The van der Waals surface area contributed by atoms with Crippen molar-refractivity contribution < 1.29 is 23.8 Å². The Labute approximate surface area is 185 Å². The molecule has 4 unspecified atom stereocenters. The first-order valence-electron chi connectivity index (χ1n) is 10.4. The summed E-state index contributed by atoms with van der Waals surface area (Å²) in [6.07, 6.45) is 0.932. The quantitative estimate of drug-likeness (QED) is 0.481. The Balaban J connectivity index is 1.77. The molecule has 32 heavy (non-hydrogen) atoms. The van der Waals surface area contributed by atoms with Crippen LogP contribution in [0, 0.1) is 5.92 Å². The van der Waals surface area contributed by atoms with Crippen LogP contribution in [0.25, 0.3) is 11.0 Å². The molecule has 0 spiro atoms. The van der Waals surface area contributed by atoms with Gasteiger partial charge in [0.1, 0.15) is 17.6 Å². The zero-order chi connectivity index (χ0) is 22.7. The van der Waals surface area contributed by atoms with Gasteiger partial charge in [-0.05, 0) is 30.2 Å². The van der Waals surface area contributed by atoms with E-state index in [4.69, 9.17) is 13.9 Å². The molecule has 8 heteroatoms. The van der Waals surface area contributed by atoms with Crippen molar-refractivity contribution in [2.24, 2.45) is 5.92 Å². The van der Waals surface area contributed by atoms with E-state index in [1.807, 2.05) is 30.3 Å². The Morgan fingerprint density at radius 3 is 2.66 bits per heavy atom. The van der Waals surface area contributed by atoms with Crippen LogP contribution in [0.4, 0.5) is 0 Å². The first-order chi connectivity index (χ1) is 15.5. The van der Waals surface area contributed by atoms with Gasteiger partial charge >= 0.3 is 5.97 Å². The third-order valence-electron chi connectivity index (χ3n) is 6.03. The summed E-state index contributed by atoms with van der Waals surface area (Å²) < 4.78 is 15.9. The Hall–Kier alpha value is -3.20. The molecule has 2 aromatic carbocycles. The number of carbonyl (C=O) groups excluding carboxylic acids is 1. The zero-order valence-electron chi connectivity index (χ0n) is 17.9. The number of esters is 1. The summed E-state index contributed by atoms with van der Waals surface area (Å²) in [5, 5.41) is 11.1. The molecule has 0 saturated carbocycles. The number of aliphatic hydroxyl groups is 1. The third-order valence-corrected chi connectivity index (χ3v) is 6.03. The van der Waals surface area contributed by atoms with Crippen molar-refractivity contribution in [2.45, 2.75) is 31.0 Å². The van der Waals surface area contributed by atoms with Gasteiger partial charge in [0.2, 0.25) is 0 Å². The van der Waals surface area contributed by atoms with E-state index < -0.39 is 24.0 Å². The number of carbonyl (C=O) groups is 1. The van der Waals surface area contributed by atoms with Gasteiger partial charge in [-0.1, -0.05) is 30.3 Å². The van der Waals surface area contributed by atoms with E-state index in [0.29, 0.717) is 28.7 Å². The lowest BCUT2D eigenvalue weighted by atomic mass is 9.77. The molecule has 1 aliphatic rings. The van der Waals surface area contributed by atoms with Gasteiger partial charge in [0.15, 0.2) is 5.43 Å². The number of rotatable bonds is 7. The SMILES string of the molecule is COC(=O)CC(c1coc2ccc(OC)cc2c1=O)C1C(O)NNC1Cc1ccccc1. The molecule has 1 aliphatic heterocycles. The number of ether oxygens (including phenoxy) is 2. The molecule has 1 aromatic heterocycles. The Morgan fingerprint density at radius 2 is 1.94 bits per heavy atom. The van der Waals surface area contributed by atoms with Crippen LogP contribution in [0.5, 0.6) is 5.75 Å². The second-order valence-corrected chi connectivity index (χ2v) is 7.88. The predicted molar refractivity (Wildman–Crippen MR) is 118 cm³/mol. The molecule has 4 atom stereocenters. The minimum Gasteiger partial charge on any atom is -0.497 e. The first-order valence-corrected chi connectivity index (χ1v) is 10.4. The molecule has 4 rings (SSSR count). The molecule has 3 N–H and O–H groups in total. The molecular formula is C24H26N2O6. The van der Waals surface area contributed by atoms with Crippen molar-refractivity contribution in [3.8, 4) is 5.75 Å². The van der Waals surface area contributed by atoms with Gasteiger partial charge in [-0.25, -0.2) is 5.43 Å². The lowest BCUT2D eigenvalue weighted by molar-refractivity contribution is -0.141. The fourth-order valence-corrected chi connectivity index (χ4v) is 4.38. The summed E-state index contributed by atoms with van der Waals surface area (Å²) in [5.74, 6) is -1.07. The van der Waals surface area contributed by atoms with Crippen LogP contribution in [0.3, 0.4) is 0 Å². The van der Waals surface area contributed by atoms with Crippen molar-refractivity contribution in [1.82, 2.24) is 10.9 Å². The highest BCUT2D eigenvalue weighted by Gasteiger charge is 2.43. The van der Waals surface area contributed by atoms with E-state index in [1.54, 1.807) is 18.2 Å². The summed E-state index contributed by atoms with van der Waals surface area (Å²) in [5.41, 5.74) is 7.50. The number of hydrogen-bond donors (Lipinski definition) is 3. The number of hydrazine groups is 1. The molecule has 168 valence electrons. The number of benzene rings is 2. The third kappa shape index (κ3) is 4.38. The van der Waals surface area contributed by atoms with Gasteiger partial charge in [0.25, 0.3) is 0 Å². The summed E-state index contributed by atoms with van der Waals surface area (Å²) in [6, 6.07) is 14.6. The van der Waals surface area contributed by atoms with Crippen molar-refractivity contribution in [2.75, 3.05) is 14.2 Å². The van der Waals surface area contributed by atoms with Crippen molar-refractivity contribution in [3.63, 3.8) is 0 Å². The van der Waals surface area contributed by atoms with Crippen molar-refractivity contribution >= 4 is 16.9 Å². The number of nitrogens with one attached hydrogen (secondary N) is 2. The van der Waals surface area contributed by atoms with Gasteiger partial charge in [-0.2, -0.15) is 0 Å². The summed E-state index contributed by atoms with van der Waals surface area (Å²) >= 11 is 0. The minimum absolute atomic E-state index is 0.0763. The fraction of sp³-hybridized carbons (Fsp3) is 0.333. The molecule has 0 aliphatic carbocycles. The molecule has 0 amide bonds. The van der Waals surface area contributed by atoms with Crippen molar-refractivity contribution in [3.05, 3.63) is 76.1 Å². The van der Waals surface area contributed by atoms with E-state index >= 15 is 0 Å². The average Bonchev–Trinajstić information content (AvgIpc) is 3.18. The van der Waals surface area contributed by atoms with E-state index in [-0.39, 0.29) is 17.9 Å². The molecule has 3 aromatic rings. The lowest BCUT2D eigenvalue weighted by Crippen LogP contribution is -2.37. The normalized spacial score (nSPS) is 21.4. The highest BCUT2D eigenvalue weighted by Crippen LogP contribution is 2.35. The molecule has 1 fully saturated rings. The second kappa shape index (κ2) is 9.52. The molecular weight excluding hydrogens is 412 g/mol. The van der Waals surface area contributed by atoms with Crippen molar-refractivity contribution in [1.29, 1.82) is 0 Å². The van der Waals surface area contributed by atoms with Gasteiger partial charge in [0.05, 0.1) is 32.3 Å². The maximum Gasteiger partial charge on any atom is 0.306 e. The van der Waals surface area contributed by atoms with E-state index in [0.717, 1.165) is 5.56 Å². The van der Waals surface area contributed by atoms with Crippen LogP contribution in [0.1, 0.15) is 23.5 Å². The molecule has 0 bridgehead atoms. The predicted octanol–water partition coefficient (Wildman–Crippen LogP) is 2.10. The monoisotopic (exact) mass is 438 g/mol. The Kier molecular flexibility index (Phi) is 6.55. The maximum atomic E-state index is 13.4. The summed E-state index contributed by atoms with van der Waals surface area (Å²) in [4.78, 5) is 25.7. The van der Waals surface area contributed by atoms with Gasteiger partial charge in [0, 0.05) is 23.4 Å². The minimum atomic E-state index is -0.973. The standard InChI is InChI=1S/C24H26N2O6/c1-30-15-8-9-20-17(11-15)23(28)18(13-32-20)16(12-21(27)31-2)22-19(25-26-24(22)29)10-14-6-4-3-5-7-14/h3-9,11,13,16,19,22,24-26,29H,10,12H2,1-2H3. The van der Waals surface area contributed by atoms with Gasteiger partial charge in [-0.3, -0.25) is 15.0 Å². The fourth-order valence-electron chi connectivity index (χ4n) is 4.38. The summed E-state index contributed by atoms with van der Waals surface area (Å²) in [6.45, 7) is 0. The van der Waals surface area contributed by atoms with E-state index in [9.17, 15) is 14.7 Å². The number of aliphatic hydroxyl groups excluding tert-OH is 1. The van der Waals surface area contributed by atoms with Gasteiger partial charge in [-0.15, -0.1) is 0 Å². The van der Waals surface area contributed by atoms with Gasteiger partial charge < -0.3 is 19.0 Å². The smallest absolute Gasteiger partial charge is 0.306 e. The molecule has 0 radical (unpaired) electrons. The largest absolute Gasteiger partial charge is 0.497 e. The maximum absolute atomic E-state index is 13.4. The average molecular weight is 438 g/mol. The van der Waals surface area contributed by atoms with Crippen LogP contribution in [0.15, 0.2) is 64.0 Å². The van der Waals surface area contributed by atoms with E-state index in [2.05, 4.69) is 10.9 Å². The van der Waals surface area contributed by atoms with Crippen LogP contribution in [-0.4, -0.2) is 37.6 Å². The highest BCUT2D eigenvalue weighted by atomic mass is 16.5. The Bertz CT molecular complexity index is 1150. The van der Waals surface area contributed by atoms with Crippen LogP contribution < -0.4 is 21.0 Å². The zero-order valence-corrected chi connectivity index (χ0v) is 17.9. The topological polar surface area (TPSA) is 110 Å². The first kappa shape index (κ1) is 22.0. The number of fused-ring (bicyclic) bond motifs is 1. The van der Waals surface area contributed by atoms with Crippen LogP contribution in [-0.2, 0) is 16.0 Å². The number of hydrogen-bond acceptors (Lipinski definition) is 8. The lowest BCUT2D eigenvalue weighted by Gasteiger charge is -2.28. The summed E-state index contributed by atoms with van der Waals surface area (Å²) in [7, 11) is 2.82. The molecule has 1 saturated heterocycles. The second-order valence-electron chi connectivity index (χ2n) is 7.88. The molecule has 8 nitrogen and oxygen atoms in total. The molecule has 2 heterocycles. The van der Waals surface area contributed by atoms with E-state index in [1.165, 1.54) is 20.5 Å². The van der Waals surface area contributed by atoms with Crippen LogP contribution in [0.2, 0.25) is 0 Å². The van der Waals surface area contributed by atoms with Crippen LogP contribution >= 0.6 is 0 Å².